The number of nitrogens with one attached hydrogen (secondary N) is 1. The van der Waals surface area contributed by atoms with Gasteiger partial charge in [-0.2, -0.15) is 0 Å². The lowest BCUT2D eigenvalue weighted by Gasteiger charge is -2.40. The van der Waals surface area contributed by atoms with Crippen LogP contribution in [-0.2, 0) is 16.1 Å². The Morgan fingerprint density at radius 2 is 1.89 bits per heavy atom. The van der Waals surface area contributed by atoms with Crippen LogP contribution in [-0.4, -0.2) is 58.3 Å². The Labute approximate surface area is 229 Å². The minimum absolute atomic E-state index is 0.0939. The van der Waals surface area contributed by atoms with Crippen LogP contribution >= 0.6 is 34.2 Å². The number of nitrogens with zero attached hydrogens (tertiary/aromatic N) is 1. The molecule has 0 radical (unpaired) electrons. The van der Waals surface area contributed by atoms with E-state index in [4.69, 9.17) is 21.4 Å². The number of amides is 2. The van der Waals surface area contributed by atoms with E-state index in [1.54, 1.807) is 29.2 Å². The standard InChI is InChI=1S/C27H30ClIN2O5/c1-17(2)13-25(33)31(16-18-7-9-20(28)10-8-18)22-14-19(27(35)30-11-12-32)15-24(26(22)34)36-23-6-4-3-5-21(23)29/h3-10,13,15,22,24,26,32,34H,11-12,14,16H2,1-2H3,(H,30,35). The molecule has 2 aromatic rings. The lowest BCUT2D eigenvalue weighted by Crippen LogP contribution is -2.54. The molecule has 1 aliphatic carbocycles. The van der Waals surface area contributed by atoms with Gasteiger partial charge in [0.05, 0.1) is 16.2 Å². The highest BCUT2D eigenvalue weighted by Gasteiger charge is 2.40. The average Bonchev–Trinajstić information content (AvgIpc) is 2.84. The molecule has 0 saturated carbocycles. The highest BCUT2D eigenvalue weighted by atomic mass is 127. The van der Waals surface area contributed by atoms with Gasteiger partial charge in [0, 0.05) is 36.2 Å². The predicted octanol–water partition coefficient (Wildman–Crippen LogP) is 3.86. The number of ether oxygens (including phenoxy) is 1. The summed E-state index contributed by atoms with van der Waals surface area (Å²) in [6.07, 6.45) is 1.27. The van der Waals surface area contributed by atoms with Crippen molar-refractivity contribution < 1.29 is 24.5 Å². The molecule has 3 unspecified atom stereocenters. The zero-order valence-corrected chi connectivity index (χ0v) is 23.1. The van der Waals surface area contributed by atoms with Gasteiger partial charge in [0.1, 0.15) is 18.0 Å². The quantitative estimate of drug-likeness (QED) is 0.291. The minimum atomic E-state index is -1.10. The zero-order valence-electron chi connectivity index (χ0n) is 20.2. The van der Waals surface area contributed by atoms with Gasteiger partial charge >= 0.3 is 0 Å². The fourth-order valence-electron chi connectivity index (χ4n) is 3.94. The number of carbonyl (C=O) groups is 2. The summed E-state index contributed by atoms with van der Waals surface area (Å²) in [5.41, 5.74) is 2.02. The minimum Gasteiger partial charge on any atom is -0.482 e. The van der Waals surface area contributed by atoms with Gasteiger partial charge in [0.2, 0.25) is 11.8 Å². The van der Waals surface area contributed by atoms with E-state index in [0.717, 1.165) is 14.7 Å². The largest absolute Gasteiger partial charge is 0.482 e. The fourth-order valence-corrected chi connectivity index (χ4v) is 4.58. The summed E-state index contributed by atoms with van der Waals surface area (Å²) >= 11 is 8.18. The van der Waals surface area contributed by atoms with Crippen molar-refractivity contribution in [1.29, 1.82) is 0 Å². The van der Waals surface area contributed by atoms with Crippen molar-refractivity contribution in [1.82, 2.24) is 10.2 Å². The van der Waals surface area contributed by atoms with E-state index < -0.39 is 18.2 Å². The van der Waals surface area contributed by atoms with Gasteiger partial charge in [0.25, 0.3) is 0 Å². The van der Waals surface area contributed by atoms with E-state index in [0.29, 0.717) is 16.3 Å². The van der Waals surface area contributed by atoms with Crippen molar-refractivity contribution in [2.45, 2.75) is 45.1 Å². The summed E-state index contributed by atoms with van der Waals surface area (Å²) in [5.74, 6) is -0.0912. The smallest absolute Gasteiger partial charge is 0.247 e. The maximum absolute atomic E-state index is 13.4. The number of rotatable bonds is 9. The fraction of sp³-hybridized carbons (Fsp3) is 0.333. The molecule has 3 atom stereocenters. The number of aliphatic hydroxyl groups excluding tert-OH is 2. The number of para-hydroxylation sites is 1. The molecule has 3 N–H and O–H groups in total. The van der Waals surface area contributed by atoms with Gasteiger partial charge in [-0.3, -0.25) is 9.59 Å². The molecule has 2 aromatic carbocycles. The molecular formula is C27H30ClIN2O5. The molecule has 36 heavy (non-hydrogen) atoms. The number of benzene rings is 2. The monoisotopic (exact) mass is 624 g/mol. The Morgan fingerprint density at radius 1 is 1.19 bits per heavy atom. The third-order valence-electron chi connectivity index (χ3n) is 5.68. The zero-order chi connectivity index (χ0) is 26.2. The van der Waals surface area contributed by atoms with E-state index in [-0.39, 0.29) is 37.9 Å². The highest BCUT2D eigenvalue weighted by Crippen LogP contribution is 2.30. The summed E-state index contributed by atoms with van der Waals surface area (Å²) in [7, 11) is 0. The van der Waals surface area contributed by atoms with Crippen molar-refractivity contribution >= 4 is 46.0 Å². The van der Waals surface area contributed by atoms with Crippen LogP contribution in [0.15, 0.2) is 71.8 Å². The van der Waals surface area contributed by atoms with Crippen LogP contribution < -0.4 is 10.1 Å². The number of aliphatic hydroxyl groups is 2. The van der Waals surface area contributed by atoms with E-state index in [2.05, 4.69) is 27.9 Å². The Hall–Kier alpha value is -2.40. The molecule has 9 heteroatoms. The molecule has 0 heterocycles. The third kappa shape index (κ3) is 7.55. The van der Waals surface area contributed by atoms with Gasteiger partial charge in [0.15, 0.2) is 0 Å². The Balaban J connectivity index is 2.00. The first-order valence-corrected chi connectivity index (χ1v) is 13.0. The van der Waals surface area contributed by atoms with Gasteiger partial charge in [-0.1, -0.05) is 41.4 Å². The summed E-state index contributed by atoms with van der Waals surface area (Å²) in [6, 6.07) is 13.8. The van der Waals surface area contributed by atoms with Crippen LogP contribution in [0.3, 0.4) is 0 Å². The van der Waals surface area contributed by atoms with Crippen LogP contribution in [0.2, 0.25) is 5.02 Å². The van der Waals surface area contributed by atoms with E-state index in [1.165, 1.54) is 6.08 Å². The maximum Gasteiger partial charge on any atom is 0.247 e. The molecule has 192 valence electrons. The molecule has 0 saturated heterocycles. The average molecular weight is 625 g/mol. The predicted molar refractivity (Wildman–Crippen MR) is 148 cm³/mol. The molecule has 1 aliphatic rings. The van der Waals surface area contributed by atoms with Crippen molar-refractivity contribution in [3.8, 4) is 5.75 Å². The molecule has 0 fully saturated rings. The molecule has 7 nitrogen and oxygen atoms in total. The Kier molecular flexibility index (Phi) is 10.4. The normalized spacial score (nSPS) is 19.2. The van der Waals surface area contributed by atoms with Crippen LogP contribution in [0.4, 0.5) is 0 Å². The van der Waals surface area contributed by atoms with Gasteiger partial charge in [-0.05, 0) is 72.3 Å². The molecule has 2 amide bonds. The van der Waals surface area contributed by atoms with Gasteiger partial charge in [-0.15, -0.1) is 0 Å². The van der Waals surface area contributed by atoms with E-state index in [1.807, 2.05) is 44.2 Å². The molecule has 0 spiro atoms. The summed E-state index contributed by atoms with van der Waals surface area (Å²) in [6.45, 7) is 3.76. The van der Waals surface area contributed by atoms with Crippen molar-refractivity contribution in [2.24, 2.45) is 0 Å². The summed E-state index contributed by atoms with van der Waals surface area (Å²) in [5, 5.41) is 23.8. The summed E-state index contributed by atoms with van der Waals surface area (Å²) < 4.78 is 7.01. The number of carbonyl (C=O) groups excluding carboxylic acids is 2. The van der Waals surface area contributed by atoms with E-state index in [9.17, 15) is 14.7 Å². The first kappa shape index (κ1) is 28.2. The van der Waals surface area contributed by atoms with Crippen molar-refractivity contribution in [2.75, 3.05) is 13.2 Å². The molecule has 0 aliphatic heterocycles. The Morgan fingerprint density at radius 3 is 2.53 bits per heavy atom. The molecule has 0 bridgehead atoms. The third-order valence-corrected chi connectivity index (χ3v) is 6.82. The summed E-state index contributed by atoms with van der Waals surface area (Å²) in [4.78, 5) is 27.8. The number of hydrogen-bond acceptors (Lipinski definition) is 5. The molecule has 0 aromatic heterocycles. The second kappa shape index (κ2) is 13.2. The van der Waals surface area contributed by atoms with Crippen molar-refractivity contribution in [3.05, 3.63) is 86.0 Å². The van der Waals surface area contributed by atoms with Crippen LogP contribution in [0.5, 0.6) is 5.75 Å². The topological polar surface area (TPSA) is 99.1 Å². The van der Waals surface area contributed by atoms with Crippen molar-refractivity contribution in [3.63, 3.8) is 0 Å². The Bertz CT molecular complexity index is 1130. The molecule has 3 rings (SSSR count). The highest BCUT2D eigenvalue weighted by molar-refractivity contribution is 14.1. The van der Waals surface area contributed by atoms with Crippen LogP contribution in [0.25, 0.3) is 0 Å². The number of halogens is 2. The van der Waals surface area contributed by atoms with Crippen LogP contribution in [0, 0.1) is 3.57 Å². The maximum atomic E-state index is 13.4. The first-order chi connectivity index (χ1) is 17.2. The number of allylic oxidation sites excluding steroid dienone is 1. The number of hydrogen-bond donors (Lipinski definition) is 3. The second-order valence-corrected chi connectivity index (χ2v) is 10.4. The SMILES string of the molecule is CC(C)=CC(=O)N(Cc1ccc(Cl)cc1)C1CC(C(=O)NCCO)=CC(Oc2ccccc2I)C1O. The van der Waals surface area contributed by atoms with Gasteiger partial charge in [-0.25, -0.2) is 0 Å². The lowest BCUT2D eigenvalue weighted by atomic mass is 9.87. The molecular weight excluding hydrogens is 595 g/mol. The van der Waals surface area contributed by atoms with Crippen LogP contribution in [0.1, 0.15) is 25.8 Å². The first-order valence-electron chi connectivity index (χ1n) is 11.6. The second-order valence-electron chi connectivity index (χ2n) is 8.76. The lowest BCUT2D eigenvalue weighted by molar-refractivity contribution is -0.134. The van der Waals surface area contributed by atoms with Gasteiger partial charge < -0.3 is 25.2 Å². The van der Waals surface area contributed by atoms with E-state index >= 15 is 0 Å².